The summed E-state index contributed by atoms with van der Waals surface area (Å²) in [4.78, 5) is 10.4. The van der Waals surface area contributed by atoms with Crippen molar-refractivity contribution in [3.05, 3.63) is 46.7 Å². The summed E-state index contributed by atoms with van der Waals surface area (Å²) in [5, 5.41) is 11.3. The molecule has 0 unspecified atom stereocenters. The van der Waals surface area contributed by atoms with E-state index in [1.165, 1.54) is 28.6 Å². The molecule has 0 bridgehead atoms. The molecule has 6 nitrogen and oxygen atoms in total. The van der Waals surface area contributed by atoms with Crippen LogP contribution in [0.3, 0.4) is 0 Å². The van der Waals surface area contributed by atoms with Crippen LogP contribution in [-0.2, 0) is 10.0 Å². The number of para-hydroxylation sites is 1. The summed E-state index contributed by atoms with van der Waals surface area (Å²) in [6.45, 7) is 6.59. The Bertz CT molecular complexity index is 892. The minimum absolute atomic E-state index is 0.0487. The highest BCUT2D eigenvalue weighted by atomic mass is 32.2. The van der Waals surface area contributed by atoms with Gasteiger partial charge in [0.25, 0.3) is 15.7 Å². The lowest BCUT2D eigenvalue weighted by molar-refractivity contribution is -0.387. The maximum Gasteiger partial charge on any atom is 0.289 e. The third kappa shape index (κ3) is 2.25. The Morgan fingerprint density at radius 3 is 2.60 bits per heavy atom. The molecule has 2 saturated carbocycles. The summed E-state index contributed by atoms with van der Waals surface area (Å²) in [5.41, 5.74) is -0.185. The van der Waals surface area contributed by atoms with Gasteiger partial charge in [0.1, 0.15) is 0 Å². The third-order valence-corrected chi connectivity index (χ3v) is 8.07. The monoisotopic (exact) mass is 362 g/mol. The maximum atomic E-state index is 13.3. The molecule has 2 aliphatic carbocycles. The van der Waals surface area contributed by atoms with Crippen molar-refractivity contribution in [3.63, 3.8) is 0 Å². The zero-order chi connectivity index (χ0) is 18.2. The van der Waals surface area contributed by atoms with Gasteiger partial charge in [-0.25, -0.2) is 8.42 Å². The lowest BCUT2D eigenvalue weighted by Crippen LogP contribution is -2.45. The molecule has 0 N–H and O–H groups in total. The van der Waals surface area contributed by atoms with Gasteiger partial charge in [-0.05, 0) is 41.6 Å². The number of nitro benzene ring substituents is 1. The van der Waals surface area contributed by atoms with E-state index in [1.54, 1.807) is 6.20 Å². The van der Waals surface area contributed by atoms with Gasteiger partial charge in [0, 0.05) is 18.3 Å². The van der Waals surface area contributed by atoms with Crippen molar-refractivity contribution in [1.82, 2.24) is 4.31 Å². The van der Waals surface area contributed by atoms with Crippen molar-refractivity contribution in [2.45, 2.75) is 44.6 Å². The molecule has 1 aromatic rings. The SMILES string of the molecule is CC1(C)C[C@H]2[C@@H]3[C@H](C=CN2S(=O)(=O)c2ccccc2[N+](=O)[O-])[C@]3(C)C1. The van der Waals surface area contributed by atoms with Crippen LogP contribution >= 0.6 is 0 Å². The van der Waals surface area contributed by atoms with E-state index in [0.717, 1.165) is 12.8 Å². The van der Waals surface area contributed by atoms with Crippen LogP contribution in [0.25, 0.3) is 0 Å². The van der Waals surface area contributed by atoms with E-state index in [1.807, 2.05) is 6.08 Å². The van der Waals surface area contributed by atoms with Crippen LogP contribution in [0, 0.1) is 32.8 Å². The maximum absolute atomic E-state index is 13.3. The lowest BCUT2D eigenvalue weighted by Gasteiger charge is -2.42. The van der Waals surface area contributed by atoms with Gasteiger partial charge in [-0.15, -0.1) is 0 Å². The molecule has 4 atom stereocenters. The number of hydrogen-bond donors (Lipinski definition) is 0. The average Bonchev–Trinajstić information content (AvgIpc) is 3.11. The normalized spacial score (nSPS) is 35.2. The molecule has 7 heteroatoms. The van der Waals surface area contributed by atoms with Crippen molar-refractivity contribution in [3.8, 4) is 0 Å². The number of benzene rings is 1. The third-order valence-electron chi connectivity index (χ3n) is 6.22. The van der Waals surface area contributed by atoms with E-state index in [4.69, 9.17) is 0 Å². The molecule has 0 spiro atoms. The highest BCUT2D eigenvalue weighted by Crippen LogP contribution is 2.72. The number of nitro groups is 1. The average molecular weight is 362 g/mol. The Morgan fingerprint density at radius 2 is 1.92 bits per heavy atom. The van der Waals surface area contributed by atoms with Crippen LogP contribution in [0.1, 0.15) is 33.6 Å². The summed E-state index contributed by atoms with van der Waals surface area (Å²) in [5.74, 6) is 0.722. The Labute approximate surface area is 147 Å². The second-order valence-electron chi connectivity index (χ2n) is 8.57. The van der Waals surface area contributed by atoms with Crippen molar-refractivity contribution >= 4 is 15.7 Å². The topological polar surface area (TPSA) is 80.5 Å². The fourth-order valence-corrected chi connectivity index (χ4v) is 7.10. The number of fused-ring (bicyclic) bond motifs is 1. The van der Waals surface area contributed by atoms with Gasteiger partial charge in [-0.1, -0.05) is 39.0 Å². The van der Waals surface area contributed by atoms with E-state index in [2.05, 4.69) is 20.8 Å². The molecule has 2 fully saturated rings. The summed E-state index contributed by atoms with van der Waals surface area (Å²) in [7, 11) is -3.97. The molecule has 0 radical (unpaired) electrons. The zero-order valence-electron chi connectivity index (χ0n) is 14.5. The number of sulfonamides is 1. The van der Waals surface area contributed by atoms with Crippen LogP contribution in [0.5, 0.6) is 0 Å². The molecule has 25 heavy (non-hydrogen) atoms. The Kier molecular flexibility index (Phi) is 3.21. The van der Waals surface area contributed by atoms with Gasteiger partial charge in [-0.3, -0.25) is 14.4 Å². The van der Waals surface area contributed by atoms with Crippen LogP contribution in [-0.4, -0.2) is 23.7 Å². The molecule has 0 amide bonds. The first-order valence-electron chi connectivity index (χ1n) is 8.53. The van der Waals surface area contributed by atoms with Crippen molar-refractivity contribution in [1.29, 1.82) is 0 Å². The number of allylic oxidation sites excluding steroid dienone is 1. The minimum atomic E-state index is -3.97. The fraction of sp³-hybridized carbons (Fsp3) is 0.556. The number of hydrogen-bond acceptors (Lipinski definition) is 4. The lowest BCUT2D eigenvalue weighted by atomic mass is 9.70. The minimum Gasteiger partial charge on any atom is -0.270 e. The van der Waals surface area contributed by atoms with Crippen molar-refractivity contribution in [2.24, 2.45) is 22.7 Å². The summed E-state index contributed by atoms with van der Waals surface area (Å²) in [6, 6.07) is 5.46. The molecule has 134 valence electrons. The van der Waals surface area contributed by atoms with E-state index in [0.29, 0.717) is 11.8 Å². The second kappa shape index (κ2) is 4.84. The summed E-state index contributed by atoms with van der Waals surface area (Å²) >= 11 is 0. The quantitative estimate of drug-likeness (QED) is 0.608. The fourth-order valence-electron chi connectivity index (χ4n) is 5.42. The van der Waals surface area contributed by atoms with Gasteiger partial charge >= 0.3 is 0 Å². The second-order valence-corrected chi connectivity index (χ2v) is 10.4. The highest BCUT2D eigenvalue weighted by molar-refractivity contribution is 7.89. The van der Waals surface area contributed by atoms with Crippen molar-refractivity contribution in [2.75, 3.05) is 0 Å². The molecule has 4 rings (SSSR count). The van der Waals surface area contributed by atoms with Gasteiger partial charge in [0.15, 0.2) is 4.90 Å². The van der Waals surface area contributed by atoms with Gasteiger partial charge in [0.05, 0.1) is 4.92 Å². The van der Waals surface area contributed by atoms with E-state index in [-0.39, 0.29) is 27.5 Å². The smallest absolute Gasteiger partial charge is 0.270 e. The molecular weight excluding hydrogens is 340 g/mol. The molecule has 1 aromatic carbocycles. The predicted molar refractivity (Wildman–Crippen MR) is 93.2 cm³/mol. The standard InChI is InChI=1S/C18H22N2O4S/c1-17(2)10-14-16-12(18(16,3)11-17)8-9-19(14)25(23,24)15-7-5-4-6-13(15)20(21)22/h4-9,12,14,16H,10-11H2,1-3H3/t12-,14-,16-,18-/m0/s1. The molecule has 1 aliphatic heterocycles. The summed E-state index contributed by atoms with van der Waals surface area (Å²) < 4.78 is 27.9. The van der Waals surface area contributed by atoms with E-state index in [9.17, 15) is 18.5 Å². The summed E-state index contributed by atoms with van der Waals surface area (Å²) in [6.07, 6.45) is 5.48. The highest BCUT2D eigenvalue weighted by Gasteiger charge is 2.70. The molecule has 3 aliphatic rings. The first kappa shape index (κ1) is 16.6. The molecular formula is C18H22N2O4S. The number of nitrogens with zero attached hydrogens (tertiary/aromatic N) is 2. The predicted octanol–water partition coefficient (Wildman–Crippen LogP) is 3.55. The first-order chi connectivity index (χ1) is 11.6. The Hall–Kier alpha value is -1.89. The Morgan fingerprint density at radius 1 is 1.24 bits per heavy atom. The first-order valence-corrected chi connectivity index (χ1v) is 9.97. The van der Waals surface area contributed by atoms with Crippen LogP contribution in [0.2, 0.25) is 0 Å². The van der Waals surface area contributed by atoms with Gasteiger partial charge < -0.3 is 0 Å². The van der Waals surface area contributed by atoms with Gasteiger partial charge in [0.2, 0.25) is 0 Å². The zero-order valence-corrected chi connectivity index (χ0v) is 15.4. The van der Waals surface area contributed by atoms with Crippen LogP contribution in [0.15, 0.2) is 41.4 Å². The van der Waals surface area contributed by atoms with Crippen molar-refractivity contribution < 1.29 is 13.3 Å². The van der Waals surface area contributed by atoms with Crippen LogP contribution < -0.4 is 0 Å². The van der Waals surface area contributed by atoms with E-state index >= 15 is 0 Å². The Balaban J connectivity index is 1.79. The largest absolute Gasteiger partial charge is 0.289 e. The number of rotatable bonds is 3. The molecule has 0 saturated heterocycles. The molecule has 1 heterocycles. The van der Waals surface area contributed by atoms with Gasteiger partial charge in [-0.2, -0.15) is 0 Å². The van der Waals surface area contributed by atoms with E-state index < -0.39 is 14.9 Å². The van der Waals surface area contributed by atoms with Crippen LogP contribution in [0.4, 0.5) is 5.69 Å². The molecule has 0 aromatic heterocycles.